The van der Waals surface area contributed by atoms with Gasteiger partial charge in [-0.05, 0) is 45.2 Å². The number of carbonyl (C=O) groups excluding carboxylic acids is 2. The molecule has 4 rings (SSSR count). The number of piperidine rings is 1. The first kappa shape index (κ1) is 23.4. The number of nitrogens with one attached hydrogen (secondary N) is 1. The molecule has 32 heavy (non-hydrogen) atoms. The van der Waals surface area contributed by atoms with Crippen LogP contribution in [0.2, 0.25) is 0 Å². The predicted molar refractivity (Wildman–Crippen MR) is 127 cm³/mol. The Kier molecular flexibility index (Phi) is 8.31. The molecule has 3 fully saturated rings. The number of amides is 2. The Morgan fingerprint density at radius 1 is 1.00 bits per heavy atom. The van der Waals surface area contributed by atoms with Gasteiger partial charge < -0.3 is 20.0 Å². The zero-order valence-electron chi connectivity index (χ0n) is 19.3. The van der Waals surface area contributed by atoms with Crippen molar-refractivity contribution in [1.29, 1.82) is 0 Å². The second-order valence-corrected chi connectivity index (χ2v) is 10.0. The Balaban J connectivity index is 1.12. The number of piperazine rings is 1. The SMILES string of the molecule is CCCN1CCN(CCCNC(=O)C2CCN(c3nnc(N4CCCC4=O)s3)CC2)CC1. The molecule has 1 N–H and O–H groups in total. The zero-order chi connectivity index (χ0) is 22.3. The summed E-state index contributed by atoms with van der Waals surface area (Å²) in [6, 6.07) is 0. The number of nitrogens with zero attached hydrogens (tertiary/aromatic N) is 6. The summed E-state index contributed by atoms with van der Waals surface area (Å²) in [4.78, 5) is 33.5. The van der Waals surface area contributed by atoms with Crippen LogP contribution in [0, 0.1) is 5.92 Å². The molecule has 3 saturated heterocycles. The van der Waals surface area contributed by atoms with E-state index < -0.39 is 0 Å². The Morgan fingerprint density at radius 3 is 2.34 bits per heavy atom. The molecule has 1 aromatic rings. The first-order valence-electron chi connectivity index (χ1n) is 12.2. The lowest BCUT2D eigenvalue weighted by molar-refractivity contribution is -0.125. The molecule has 4 heterocycles. The monoisotopic (exact) mass is 463 g/mol. The summed E-state index contributed by atoms with van der Waals surface area (Å²) in [5, 5.41) is 13.2. The minimum absolute atomic E-state index is 0.0800. The van der Waals surface area contributed by atoms with Crippen molar-refractivity contribution >= 4 is 33.4 Å². The summed E-state index contributed by atoms with van der Waals surface area (Å²) >= 11 is 1.48. The van der Waals surface area contributed by atoms with E-state index in [-0.39, 0.29) is 17.7 Å². The molecular formula is C22H37N7O2S. The first-order chi connectivity index (χ1) is 15.6. The number of aromatic nitrogens is 2. The fraction of sp³-hybridized carbons (Fsp3) is 0.818. The molecule has 10 heteroatoms. The standard InChI is InChI=1S/C22H37N7O2S/c1-2-9-26-14-16-27(17-15-26)10-4-8-23-20(31)18-6-12-28(13-7-18)21-24-25-22(32-21)29-11-3-5-19(29)30/h18H,2-17H2,1H3,(H,23,31). The quantitative estimate of drug-likeness (QED) is 0.555. The van der Waals surface area contributed by atoms with Crippen molar-refractivity contribution in [2.24, 2.45) is 5.92 Å². The average molecular weight is 464 g/mol. The van der Waals surface area contributed by atoms with Gasteiger partial charge in [0.1, 0.15) is 0 Å². The van der Waals surface area contributed by atoms with Crippen LogP contribution >= 0.6 is 11.3 Å². The van der Waals surface area contributed by atoms with Crippen molar-refractivity contribution in [3.05, 3.63) is 0 Å². The topological polar surface area (TPSA) is 84.9 Å². The summed E-state index contributed by atoms with van der Waals surface area (Å²) in [5.74, 6) is 0.413. The van der Waals surface area contributed by atoms with Crippen LogP contribution in [-0.2, 0) is 9.59 Å². The van der Waals surface area contributed by atoms with E-state index in [1.165, 1.54) is 37.4 Å². The van der Waals surface area contributed by atoms with E-state index in [0.29, 0.717) is 11.6 Å². The summed E-state index contributed by atoms with van der Waals surface area (Å²) in [7, 11) is 0. The van der Waals surface area contributed by atoms with Crippen molar-refractivity contribution in [2.75, 3.05) is 75.2 Å². The van der Waals surface area contributed by atoms with Gasteiger partial charge in [-0.15, -0.1) is 10.2 Å². The van der Waals surface area contributed by atoms with E-state index in [1.54, 1.807) is 4.90 Å². The minimum Gasteiger partial charge on any atom is -0.356 e. The van der Waals surface area contributed by atoms with Crippen LogP contribution in [0.5, 0.6) is 0 Å². The molecule has 9 nitrogen and oxygen atoms in total. The summed E-state index contributed by atoms with van der Waals surface area (Å²) in [6.07, 6.45) is 5.41. The summed E-state index contributed by atoms with van der Waals surface area (Å²) in [5.41, 5.74) is 0. The molecule has 2 amide bonds. The molecule has 0 bridgehead atoms. The van der Waals surface area contributed by atoms with Crippen molar-refractivity contribution in [1.82, 2.24) is 25.3 Å². The second kappa shape index (κ2) is 11.4. The van der Waals surface area contributed by atoms with Gasteiger partial charge in [0.15, 0.2) is 0 Å². The molecule has 1 aromatic heterocycles. The maximum absolute atomic E-state index is 12.6. The van der Waals surface area contributed by atoms with Crippen molar-refractivity contribution < 1.29 is 9.59 Å². The second-order valence-electron chi connectivity index (χ2n) is 9.11. The third-order valence-electron chi connectivity index (χ3n) is 6.80. The van der Waals surface area contributed by atoms with E-state index in [9.17, 15) is 9.59 Å². The van der Waals surface area contributed by atoms with E-state index in [1.807, 2.05) is 0 Å². The van der Waals surface area contributed by atoms with Crippen molar-refractivity contribution in [3.63, 3.8) is 0 Å². The number of hydrogen-bond donors (Lipinski definition) is 1. The van der Waals surface area contributed by atoms with Gasteiger partial charge in [-0.1, -0.05) is 18.3 Å². The van der Waals surface area contributed by atoms with Gasteiger partial charge in [-0.2, -0.15) is 0 Å². The normalized spacial score (nSPS) is 21.5. The van der Waals surface area contributed by atoms with Crippen LogP contribution in [0.15, 0.2) is 0 Å². The molecule has 178 valence electrons. The van der Waals surface area contributed by atoms with Gasteiger partial charge in [0, 0.05) is 64.7 Å². The number of rotatable bonds is 9. The lowest BCUT2D eigenvalue weighted by Crippen LogP contribution is -2.47. The van der Waals surface area contributed by atoms with E-state index in [4.69, 9.17) is 0 Å². The van der Waals surface area contributed by atoms with Crippen molar-refractivity contribution in [3.8, 4) is 0 Å². The lowest BCUT2D eigenvalue weighted by Gasteiger charge is -2.34. The van der Waals surface area contributed by atoms with E-state index >= 15 is 0 Å². The summed E-state index contributed by atoms with van der Waals surface area (Å²) in [6.45, 7) is 12.3. The number of hydrogen-bond acceptors (Lipinski definition) is 8. The highest BCUT2D eigenvalue weighted by atomic mass is 32.1. The number of carbonyl (C=O) groups is 2. The zero-order valence-corrected chi connectivity index (χ0v) is 20.1. The molecule has 0 spiro atoms. The van der Waals surface area contributed by atoms with Gasteiger partial charge in [-0.3, -0.25) is 14.5 Å². The van der Waals surface area contributed by atoms with Gasteiger partial charge in [0.05, 0.1) is 0 Å². The van der Waals surface area contributed by atoms with Crippen LogP contribution in [0.4, 0.5) is 10.3 Å². The van der Waals surface area contributed by atoms with Gasteiger partial charge in [-0.25, -0.2) is 0 Å². The predicted octanol–water partition coefficient (Wildman–Crippen LogP) is 1.42. The Labute approximate surface area is 195 Å². The van der Waals surface area contributed by atoms with Crippen LogP contribution in [-0.4, -0.2) is 97.3 Å². The molecule has 0 unspecified atom stereocenters. The van der Waals surface area contributed by atoms with Crippen LogP contribution < -0.4 is 15.1 Å². The smallest absolute Gasteiger partial charge is 0.228 e. The molecule has 3 aliphatic heterocycles. The molecule has 0 aromatic carbocycles. The van der Waals surface area contributed by atoms with Gasteiger partial charge in [0.25, 0.3) is 0 Å². The van der Waals surface area contributed by atoms with E-state index in [0.717, 1.165) is 76.6 Å². The maximum atomic E-state index is 12.6. The van der Waals surface area contributed by atoms with E-state index in [2.05, 4.69) is 37.1 Å². The third kappa shape index (κ3) is 5.96. The Morgan fingerprint density at radius 2 is 1.69 bits per heavy atom. The highest BCUT2D eigenvalue weighted by Crippen LogP contribution is 2.32. The fourth-order valence-corrected chi connectivity index (χ4v) is 5.78. The third-order valence-corrected chi connectivity index (χ3v) is 7.81. The molecule has 3 aliphatic rings. The van der Waals surface area contributed by atoms with Gasteiger partial charge in [0.2, 0.25) is 22.1 Å². The fourth-order valence-electron chi connectivity index (χ4n) is 4.84. The highest BCUT2D eigenvalue weighted by molar-refractivity contribution is 7.19. The number of anilines is 2. The minimum atomic E-state index is 0.0800. The maximum Gasteiger partial charge on any atom is 0.228 e. The van der Waals surface area contributed by atoms with Crippen LogP contribution in [0.1, 0.15) is 45.4 Å². The molecule has 0 atom stereocenters. The molecule has 0 radical (unpaired) electrons. The Bertz CT molecular complexity index is 757. The molecule has 0 saturated carbocycles. The lowest BCUT2D eigenvalue weighted by atomic mass is 9.96. The van der Waals surface area contributed by atoms with Crippen molar-refractivity contribution in [2.45, 2.75) is 45.4 Å². The molecule has 0 aliphatic carbocycles. The molecular weight excluding hydrogens is 426 g/mol. The average Bonchev–Trinajstić information content (AvgIpc) is 3.47. The summed E-state index contributed by atoms with van der Waals surface area (Å²) < 4.78 is 0. The van der Waals surface area contributed by atoms with Gasteiger partial charge >= 0.3 is 0 Å². The highest BCUT2D eigenvalue weighted by Gasteiger charge is 2.29. The first-order valence-corrected chi connectivity index (χ1v) is 13.1. The van der Waals surface area contributed by atoms with Crippen LogP contribution in [0.3, 0.4) is 0 Å². The van der Waals surface area contributed by atoms with Crippen LogP contribution in [0.25, 0.3) is 0 Å². The Hall–Kier alpha value is -1.78. The largest absolute Gasteiger partial charge is 0.356 e.